The second-order valence-electron chi connectivity index (χ2n) is 6.34. The Labute approximate surface area is 144 Å². The monoisotopic (exact) mass is 344 g/mol. The predicted octanol–water partition coefficient (Wildman–Crippen LogP) is 3.79. The van der Waals surface area contributed by atoms with Crippen molar-refractivity contribution in [1.29, 1.82) is 0 Å². The lowest BCUT2D eigenvalue weighted by molar-refractivity contribution is -0.122. The number of benzene rings is 2. The molecule has 1 aliphatic carbocycles. The second-order valence-corrected chi connectivity index (χ2v) is 6.34. The number of rotatable bonds is 4. The molecule has 2 atom stereocenters. The van der Waals surface area contributed by atoms with E-state index in [-0.39, 0.29) is 5.91 Å². The molecular weight excluding hydrogens is 326 g/mol. The molecule has 0 saturated heterocycles. The first kappa shape index (κ1) is 17.1. The van der Waals surface area contributed by atoms with Gasteiger partial charge in [0, 0.05) is 5.69 Å². The normalized spacial score (nSPS) is 18.6. The number of carbonyl (C=O) groups excluding carboxylic acids is 2. The van der Waals surface area contributed by atoms with Gasteiger partial charge in [0.25, 0.3) is 0 Å². The summed E-state index contributed by atoms with van der Waals surface area (Å²) in [6.07, 6.45) is 0.360. The quantitative estimate of drug-likeness (QED) is 0.886. The summed E-state index contributed by atoms with van der Waals surface area (Å²) in [7, 11) is 0. The minimum atomic E-state index is -0.842. The van der Waals surface area contributed by atoms with Crippen molar-refractivity contribution >= 4 is 23.2 Å². The average molecular weight is 344 g/mol. The molecule has 4 nitrogen and oxygen atoms in total. The number of nitrogens with one attached hydrogen (secondary N) is 2. The lowest BCUT2D eigenvalue weighted by atomic mass is 10.1. The van der Waals surface area contributed by atoms with E-state index in [1.54, 1.807) is 0 Å². The average Bonchev–Trinajstić information content (AvgIpc) is 3.35. The van der Waals surface area contributed by atoms with Crippen molar-refractivity contribution < 1.29 is 18.4 Å². The van der Waals surface area contributed by atoms with E-state index in [1.165, 1.54) is 6.07 Å². The van der Waals surface area contributed by atoms with Crippen LogP contribution in [0.1, 0.15) is 17.5 Å². The van der Waals surface area contributed by atoms with E-state index in [1.807, 2.05) is 32.0 Å². The molecule has 1 aliphatic rings. The highest BCUT2D eigenvalue weighted by molar-refractivity contribution is 6.03. The fraction of sp³-hybridized carbons (Fsp3) is 0.263. The highest BCUT2D eigenvalue weighted by atomic mass is 19.1. The maximum Gasteiger partial charge on any atom is 0.228 e. The number of carbonyl (C=O) groups is 2. The predicted molar refractivity (Wildman–Crippen MR) is 91.1 cm³/mol. The van der Waals surface area contributed by atoms with Crippen molar-refractivity contribution in [3.8, 4) is 0 Å². The molecule has 0 aromatic heterocycles. The van der Waals surface area contributed by atoms with Crippen LogP contribution in [0, 0.1) is 37.3 Å². The SMILES string of the molecule is Cc1ccc(C)c(NC(=O)C2CC2C(=O)Nc2c(F)cccc2F)c1. The molecule has 0 aliphatic heterocycles. The summed E-state index contributed by atoms with van der Waals surface area (Å²) in [5, 5.41) is 5.06. The van der Waals surface area contributed by atoms with E-state index in [9.17, 15) is 18.4 Å². The first-order chi connectivity index (χ1) is 11.9. The smallest absolute Gasteiger partial charge is 0.228 e. The van der Waals surface area contributed by atoms with E-state index in [0.29, 0.717) is 12.1 Å². The molecule has 0 spiro atoms. The fourth-order valence-corrected chi connectivity index (χ4v) is 2.70. The Hall–Kier alpha value is -2.76. The van der Waals surface area contributed by atoms with Gasteiger partial charge >= 0.3 is 0 Å². The molecule has 6 heteroatoms. The molecule has 3 rings (SSSR count). The number of hydrogen-bond acceptors (Lipinski definition) is 2. The number of halogens is 2. The molecule has 1 saturated carbocycles. The molecule has 2 unspecified atom stereocenters. The summed E-state index contributed by atoms with van der Waals surface area (Å²) in [5.74, 6) is -3.57. The Morgan fingerprint density at radius 3 is 2.20 bits per heavy atom. The third kappa shape index (κ3) is 3.68. The fourth-order valence-electron chi connectivity index (χ4n) is 2.70. The highest BCUT2D eigenvalue weighted by Crippen LogP contribution is 2.40. The van der Waals surface area contributed by atoms with Crippen LogP contribution in [-0.2, 0) is 9.59 Å². The third-order valence-electron chi connectivity index (χ3n) is 4.33. The molecule has 2 aromatic carbocycles. The zero-order chi connectivity index (χ0) is 18.1. The molecule has 0 radical (unpaired) electrons. The van der Waals surface area contributed by atoms with E-state index < -0.39 is 35.1 Å². The van der Waals surface area contributed by atoms with E-state index >= 15 is 0 Å². The van der Waals surface area contributed by atoms with Crippen molar-refractivity contribution in [3.63, 3.8) is 0 Å². The second kappa shape index (κ2) is 6.63. The molecule has 130 valence electrons. The Morgan fingerprint density at radius 1 is 0.960 bits per heavy atom. The van der Waals surface area contributed by atoms with E-state index in [4.69, 9.17) is 0 Å². The lowest BCUT2D eigenvalue weighted by Gasteiger charge is -2.10. The van der Waals surface area contributed by atoms with Gasteiger partial charge in [-0.15, -0.1) is 0 Å². The van der Waals surface area contributed by atoms with Crippen molar-refractivity contribution in [2.24, 2.45) is 11.8 Å². The van der Waals surface area contributed by atoms with E-state index in [0.717, 1.165) is 23.3 Å². The summed E-state index contributed by atoms with van der Waals surface area (Å²) in [5.41, 5.74) is 2.17. The summed E-state index contributed by atoms with van der Waals surface area (Å²) in [4.78, 5) is 24.4. The summed E-state index contributed by atoms with van der Waals surface area (Å²) in [6.45, 7) is 3.80. The van der Waals surface area contributed by atoms with Gasteiger partial charge in [0.2, 0.25) is 11.8 Å². The largest absolute Gasteiger partial charge is 0.326 e. The number of hydrogen-bond donors (Lipinski definition) is 2. The Morgan fingerprint density at radius 2 is 1.56 bits per heavy atom. The van der Waals surface area contributed by atoms with Crippen LogP contribution in [0.2, 0.25) is 0 Å². The molecule has 0 heterocycles. The van der Waals surface area contributed by atoms with Gasteiger partial charge in [-0.25, -0.2) is 8.78 Å². The van der Waals surface area contributed by atoms with Crippen LogP contribution in [0.3, 0.4) is 0 Å². The van der Waals surface area contributed by atoms with Gasteiger partial charge in [0.15, 0.2) is 0 Å². The molecule has 2 aromatic rings. The Kier molecular flexibility index (Phi) is 4.53. The molecule has 1 fully saturated rings. The van der Waals surface area contributed by atoms with Crippen LogP contribution in [0.25, 0.3) is 0 Å². The zero-order valence-corrected chi connectivity index (χ0v) is 13.9. The highest BCUT2D eigenvalue weighted by Gasteiger charge is 2.48. The number of anilines is 2. The van der Waals surface area contributed by atoms with Crippen molar-refractivity contribution in [1.82, 2.24) is 0 Å². The van der Waals surface area contributed by atoms with Gasteiger partial charge in [-0.1, -0.05) is 18.2 Å². The topological polar surface area (TPSA) is 58.2 Å². The van der Waals surface area contributed by atoms with Gasteiger partial charge in [-0.3, -0.25) is 9.59 Å². The lowest BCUT2D eigenvalue weighted by Crippen LogP contribution is -2.21. The van der Waals surface area contributed by atoms with Gasteiger partial charge in [0.1, 0.15) is 17.3 Å². The van der Waals surface area contributed by atoms with Crippen LogP contribution >= 0.6 is 0 Å². The van der Waals surface area contributed by atoms with Crippen molar-refractivity contribution in [3.05, 3.63) is 59.2 Å². The van der Waals surface area contributed by atoms with Crippen LogP contribution < -0.4 is 10.6 Å². The van der Waals surface area contributed by atoms with E-state index in [2.05, 4.69) is 10.6 Å². The number of amides is 2. The van der Waals surface area contributed by atoms with Crippen LogP contribution in [0.4, 0.5) is 20.2 Å². The molecule has 2 amide bonds. The Balaban J connectivity index is 1.63. The molecule has 2 N–H and O–H groups in total. The minimum Gasteiger partial charge on any atom is -0.326 e. The zero-order valence-electron chi connectivity index (χ0n) is 13.9. The maximum atomic E-state index is 13.6. The Bertz CT molecular complexity index is 831. The van der Waals surface area contributed by atoms with Gasteiger partial charge < -0.3 is 10.6 Å². The molecule has 25 heavy (non-hydrogen) atoms. The number of para-hydroxylation sites is 1. The van der Waals surface area contributed by atoms with Crippen LogP contribution in [-0.4, -0.2) is 11.8 Å². The van der Waals surface area contributed by atoms with Crippen molar-refractivity contribution in [2.45, 2.75) is 20.3 Å². The van der Waals surface area contributed by atoms with Crippen LogP contribution in [0.5, 0.6) is 0 Å². The van der Waals surface area contributed by atoms with Gasteiger partial charge in [-0.05, 0) is 49.6 Å². The molecular formula is C19H18F2N2O2. The van der Waals surface area contributed by atoms with Gasteiger partial charge in [-0.2, -0.15) is 0 Å². The molecule has 0 bridgehead atoms. The van der Waals surface area contributed by atoms with Crippen molar-refractivity contribution in [2.75, 3.05) is 10.6 Å². The maximum absolute atomic E-state index is 13.6. The summed E-state index contributed by atoms with van der Waals surface area (Å²) < 4.78 is 27.2. The summed E-state index contributed by atoms with van der Waals surface area (Å²) in [6, 6.07) is 9.06. The number of aryl methyl sites for hydroxylation is 2. The summed E-state index contributed by atoms with van der Waals surface area (Å²) >= 11 is 0. The van der Waals surface area contributed by atoms with Crippen LogP contribution in [0.15, 0.2) is 36.4 Å². The standard InChI is InChI=1S/C19H18F2N2O2/c1-10-6-7-11(2)16(8-10)22-18(24)12-9-13(12)19(25)23-17-14(20)4-3-5-15(17)21/h3-8,12-13H,9H2,1-2H3,(H,22,24)(H,23,25). The first-order valence-electron chi connectivity index (χ1n) is 8.00. The van der Waals surface area contributed by atoms with Gasteiger partial charge in [0.05, 0.1) is 11.8 Å². The minimum absolute atomic E-state index is 0.261. The third-order valence-corrected chi connectivity index (χ3v) is 4.33. The first-order valence-corrected chi connectivity index (χ1v) is 8.00.